The molecule has 1 saturated heterocycles. The van der Waals surface area contributed by atoms with E-state index >= 15 is 0 Å². The van der Waals surface area contributed by atoms with Crippen LogP contribution in [0.2, 0.25) is 0 Å². The largest absolute Gasteiger partial charge is 0.370 e. The van der Waals surface area contributed by atoms with Crippen LogP contribution in [0.3, 0.4) is 0 Å². The first kappa shape index (κ1) is 13.2. The lowest BCUT2D eigenvalue weighted by molar-refractivity contribution is -0.0226. The van der Waals surface area contributed by atoms with Crippen molar-refractivity contribution in [2.45, 2.75) is 13.0 Å². The van der Waals surface area contributed by atoms with Gasteiger partial charge in [-0.1, -0.05) is 34.8 Å². The number of aryl methyl sites for hydroxylation is 1. The third kappa shape index (κ3) is 2.57. The molecule has 0 bridgehead atoms. The maximum atomic E-state index is 12.5. The topological polar surface area (TPSA) is 55.3 Å². The standard InChI is InChI=1S/C14H15N3O2S/c1-10-13(20-16-15-10)14(18)17-7-8-19-12(9-17)11-5-3-2-4-6-11/h2-6,12H,7-9H2,1H3/t12-/m1/s1. The van der Waals surface area contributed by atoms with Crippen LogP contribution in [0.25, 0.3) is 0 Å². The second-order valence-corrected chi connectivity index (χ2v) is 5.46. The van der Waals surface area contributed by atoms with E-state index in [4.69, 9.17) is 4.74 Å². The maximum absolute atomic E-state index is 12.5. The van der Waals surface area contributed by atoms with E-state index in [2.05, 4.69) is 9.59 Å². The third-order valence-corrected chi connectivity index (χ3v) is 4.19. The van der Waals surface area contributed by atoms with Gasteiger partial charge in [-0.2, -0.15) is 0 Å². The number of hydrogen-bond acceptors (Lipinski definition) is 5. The molecule has 0 unspecified atom stereocenters. The summed E-state index contributed by atoms with van der Waals surface area (Å²) in [6.45, 7) is 3.54. The van der Waals surface area contributed by atoms with Crippen LogP contribution in [-0.4, -0.2) is 40.1 Å². The van der Waals surface area contributed by atoms with Gasteiger partial charge in [-0.05, 0) is 24.0 Å². The summed E-state index contributed by atoms with van der Waals surface area (Å²) in [5, 5.41) is 3.90. The molecular formula is C14H15N3O2S. The van der Waals surface area contributed by atoms with Gasteiger partial charge in [0.15, 0.2) is 0 Å². The number of carbonyl (C=O) groups excluding carboxylic acids is 1. The molecule has 6 heteroatoms. The summed E-state index contributed by atoms with van der Waals surface area (Å²) in [6, 6.07) is 9.99. The van der Waals surface area contributed by atoms with Gasteiger partial charge in [0.1, 0.15) is 11.0 Å². The summed E-state index contributed by atoms with van der Waals surface area (Å²) in [5.41, 5.74) is 1.80. The Hall–Kier alpha value is -1.79. The normalized spacial score (nSPS) is 19.1. The van der Waals surface area contributed by atoms with Crippen LogP contribution in [0.5, 0.6) is 0 Å². The molecule has 0 spiro atoms. The average molecular weight is 289 g/mol. The van der Waals surface area contributed by atoms with E-state index in [1.165, 1.54) is 0 Å². The molecular weight excluding hydrogens is 274 g/mol. The minimum Gasteiger partial charge on any atom is -0.370 e. The Labute approximate surface area is 121 Å². The second kappa shape index (κ2) is 5.68. The highest BCUT2D eigenvalue weighted by molar-refractivity contribution is 7.07. The van der Waals surface area contributed by atoms with Crippen molar-refractivity contribution < 1.29 is 9.53 Å². The fourth-order valence-corrected chi connectivity index (χ4v) is 2.90. The number of rotatable bonds is 2. The lowest BCUT2D eigenvalue weighted by Gasteiger charge is -2.32. The maximum Gasteiger partial charge on any atom is 0.267 e. The SMILES string of the molecule is Cc1nnsc1C(=O)N1CCO[C@@H](c2ccccc2)C1. The molecule has 0 N–H and O–H groups in total. The quantitative estimate of drug-likeness (QED) is 0.849. The van der Waals surface area contributed by atoms with Gasteiger partial charge in [-0.25, -0.2) is 0 Å². The van der Waals surface area contributed by atoms with Gasteiger partial charge in [0, 0.05) is 6.54 Å². The molecule has 0 aliphatic carbocycles. The Bertz CT molecular complexity index is 599. The van der Waals surface area contributed by atoms with Gasteiger partial charge in [0.25, 0.3) is 5.91 Å². The molecule has 1 atom stereocenters. The van der Waals surface area contributed by atoms with Crippen LogP contribution in [-0.2, 0) is 4.74 Å². The van der Waals surface area contributed by atoms with Crippen LogP contribution in [0.15, 0.2) is 30.3 Å². The van der Waals surface area contributed by atoms with Crippen molar-refractivity contribution in [1.29, 1.82) is 0 Å². The smallest absolute Gasteiger partial charge is 0.267 e. The molecule has 1 amide bonds. The summed E-state index contributed by atoms with van der Waals surface area (Å²) in [5.74, 6) is 0.00160. The summed E-state index contributed by atoms with van der Waals surface area (Å²) < 4.78 is 9.60. The summed E-state index contributed by atoms with van der Waals surface area (Å²) in [6.07, 6.45) is -0.0601. The van der Waals surface area contributed by atoms with Crippen LogP contribution < -0.4 is 0 Å². The van der Waals surface area contributed by atoms with E-state index in [1.54, 1.807) is 0 Å². The van der Waals surface area contributed by atoms with E-state index in [0.717, 1.165) is 17.1 Å². The van der Waals surface area contributed by atoms with Crippen LogP contribution in [0.4, 0.5) is 0 Å². The number of ether oxygens (including phenoxy) is 1. The van der Waals surface area contributed by atoms with Crippen LogP contribution in [0, 0.1) is 6.92 Å². The van der Waals surface area contributed by atoms with Gasteiger partial charge < -0.3 is 9.64 Å². The zero-order valence-corrected chi connectivity index (χ0v) is 12.0. The highest BCUT2D eigenvalue weighted by Gasteiger charge is 2.28. The molecule has 1 aromatic heterocycles. The molecule has 0 saturated carbocycles. The predicted molar refractivity (Wildman–Crippen MR) is 75.7 cm³/mol. The summed E-state index contributed by atoms with van der Waals surface area (Å²) in [7, 11) is 0. The van der Waals surface area contributed by atoms with Crippen molar-refractivity contribution in [2.24, 2.45) is 0 Å². The van der Waals surface area contributed by atoms with Crippen molar-refractivity contribution in [2.75, 3.05) is 19.7 Å². The first-order valence-corrected chi connectivity index (χ1v) is 7.28. The first-order valence-electron chi connectivity index (χ1n) is 6.50. The number of morpholine rings is 1. The highest BCUT2D eigenvalue weighted by Crippen LogP contribution is 2.24. The number of amides is 1. The van der Waals surface area contributed by atoms with Crippen molar-refractivity contribution in [3.63, 3.8) is 0 Å². The van der Waals surface area contributed by atoms with E-state index in [9.17, 15) is 4.79 Å². The molecule has 0 radical (unpaired) electrons. The molecule has 104 valence electrons. The van der Waals surface area contributed by atoms with Crippen molar-refractivity contribution >= 4 is 17.4 Å². The Kier molecular flexibility index (Phi) is 3.75. The zero-order chi connectivity index (χ0) is 13.9. The number of hydrogen-bond donors (Lipinski definition) is 0. The fraction of sp³-hybridized carbons (Fsp3) is 0.357. The monoisotopic (exact) mass is 289 g/mol. The lowest BCUT2D eigenvalue weighted by atomic mass is 10.1. The summed E-state index contributed by atoms with van der Waals surface area (Å²) in [4.78, 5) is 14.9. The molecule has 20 heavy (non-hydrogen) atoms. The molecule has 1 fully saturated rings. The fourth-order valence-electron chi connectivity index (χ4n) is 2.27. The Balaban J connectivity index is 1.76. The molecule has 1 aliphatic heterocycles. The average Bonchev–Trinajstić information content (AvgIpc) is 2.94. The predicted octanol–water partition coefficient (Wildman–Crippen LogP) is 2.06. The van der Waals surface area contributed by atoms with Gasteiger partial charge in [0.2, 0.25) is 0 Å². The third-order valence-electron chi connectivity index (χ3n) is 3.37. The second-order valence-electron chi connectivity index (χ2n) is 4.71. The number of aromatic nitrogens is 2. The first-order chi connectivity index (χ1) is 9.75. The Morgan fingerprint density at radius 1 is 1.40 bits per heavy atom. The van der Waals surface area contributed by atoms with Gasteiger partial charge in [-0.15, -0.1) is 5.10 Å². The Morgan fingerprint density at radius 2 is 2.20 bits per heavy atom. The van der Waals surface area contributed by atoms with E-state index < -0.39 is 0 Å². The lowest BCUT2D eigenvalue weighted by Crippen LogP contribution is -2.42. The van der Waals surface area contributed by atoms with E-state index in [1.807, 2.05) is 42.2 Å². The van der Waals surface area contributed by atoms with E-state index in [-0.39, 0.29) is 12.0 Å². The van der Waals surface area contributed by atoms with Crippen LogP contribution in [0.1, 0.15) is 27.0 Å². The number of carbonyl (C=O) groups is 1. The molecule has 1 aromatic carbocycles. The zero-order valence-electron chi connectivity index (χ0n) is 11.2. The Morgan fingerprint density at radius 3 is 2.90 bits per heavy atom. The molecule has 3 rings (SSSR count). The van der Waals surface area contributed by atoms with Gasteiger partial charge in [0.05, 0.1) is 18.8 Å². The van der Waals surface area contributed by atoms with Crippen LogP contribution >= 0.6 is 11.5 Å². The van der Waals surface area contributed by atoms with Crippen molar-refractivity contribution in [3.8, 4) is 0 Å². The number of benzene rings is 1. The van der Waals surface area contributed by atoms with Gasteiger partial charge >= 0.3 is 0 Å². The summed E-state index contributed by atoms with van der Waals surface area (Å²) >= 11 is 1.16. The van der Waals surface area contributed by atoms with Gasteiger partial charge in [-0.3, -0.25) is 4.79 Å². The van der Waals surface area contributed by atoms with Crippen molar-refractivity contribution in [3.05, 3.63) is 46.5 Å². The molecule has 2 heterocycles. The highest BCUT2D eigenvalue weighted by atomic mass is 32.1. The molecule has 1 aliphatic rings. The molecule has 2 aromatic rings. The number of nitrogens with zero attached hydrogens (tertiary/aromatic N) is 3. The molecule has 5 nitrogen and oxygen atoms in total. The van der Waals surface area contributed by atoms with E-state index in [0.29, 0.717) is 30.3 Å². The van der Waals surface area contributed by atoms with Crippen molar-refractivity contribution in [1.82, 2.24) is 14.5 Å². The minimum absolute atomic E-state index is 0.00160. The minimum atomic E-state index is -0.0601.